The van der Waals surface area contributed by atoms with E-state index in [1.54, 1.807) is 18.2 Å². The maximum atomic E-state index is 12.2. The summed E-state index contributed by atoms with van der Waals surface area (Å²) < 4.78 is 21.8. The van der Waals surface area contributed by atoms with Gasteiger partial charge >= 0.3 is 97.7 Å². The van der Waals surface area contributed by atoms with Crippen LogP contribution >= 0.6 is 19.3 Å². The fourth-order valence-corrected chi connectivity index (χ4v) is 4.49. The van der Waals surface area contributed by atoms with Crippen molar-refractivity contribution in [1.82, 2.24) is 0 Å². The van der Waals surface area contributed by atoms with E-state index in [1.165, 1.54) is 12.1 Å². The molecule has 0 unspecified atom stereocenters. The maximum absolute atomic E-state index is 12.2. The molecule has 1 rings (SSSR count). The molecule has 16 heavy (non-hydrogen) atoms. The summed E-state index contributed by atoms with van der Waals surface area (Å²) in [7, 11) is 0. The van der Waals surface area contributed by atoms with E-state index in [9.17, 15) is 12.7 Å². The van der Waals surface area contributed by atoms with Crippen LogP contribution in [0.15, 0.2) is 30.3 Å². The molecule has 5 nitrogen and oxygen atoms in total. The van der Waals surface area contributed by atoms with Crippen LogP contribution in [0, 0.1) is 3.57 Å². The molecule has 0 saturated carbocycles. The van der Waals surface area contributed by atoms with Crippen molar-refractivity contribution >= 4 is 31.2 Å². The van der Waals surface area contributed by atoms with Gasteiger partial charge in [-0.15, -0.1) is 0 Å². The van der Waals surface area contributed by atoms with Gasteiger partial charge in [0.1, 0.15) is 0 Å². The van der Waals surface area contributed by atoms with E-state index >= 15 is 0 Å². The predicted molar refractivity (Wildman–Crippen MR) is 63.4 cm³/mol. The number of rotatable bonds is 3. The Labute approximate surface area is 97.7 Å². The van der Waals surface area contributed by atoms with Crippen LogP contribution in [0.1, 0.15) is 13.8 Å². The normalized spacial score (nSPS) is 11.6. The van der Waals surface area contributed by atoms with Crippen LogP contribution in [0.3, 0.4) is 0 Å². The number of hydrogen-bond acceptors (Lipinski definition) is 5. The van der Waals surface area contributed by atoms with Crippen molar-refractivity contribution in [3.05, 3.63) is 33.9 Å². The second-order valence-electron chi connectivity index (χ2n) is 2.85. The van der Waals surface area contributed by atoms with Crippen molar-refractivity contribution in [3.8, 4) is 0 Å². The zero-order chi connectivity index (χ0) is 12.2. The zero-order valence-electron chi connectivity index (χ0n) is 8.81. The van der Waals surface area contributed by atoms with Crippen LogP contribution in [0.5, 0.6) is 0 Å². The number of halogens is 1. The quantitative estimate of drug-likeness (QED) is 0.791. The summed E-state index contributed by atoms with van der Waals surface area (Å²) in [5, 5.41) is 0. The van der Waals surface area contributed by atoms with Gasteiger partial charge in [-0.2, -0.15) is 0 Å². The van der Waals surface area contributed by atoms with Crippen LogP contribution in [0.25, 0.3) is 0 Å². The number of hydrogen-bond donors (Lipinski definition) is 0. The Bertz CT molecular complexity index is 420. The Kier molecular flexibility index (Phi) is 4.11. The third-order valence-electron chi connectivity index (χ3n) is 1.42. The van der Waals surface area contributed by atoms with Gasteiger partial charge < -0.3 is 0 Å². The molecule has 0 aliphatic rings. The van der Waals surface area contributed by atoms with E-state index in [-0.39, 0.29) is 3.57 Å². The molecular formula is C10H11IO5. The molecule has 0 fully saturated rings. The summed E-state index contributed by atoms with van der Waals surface area (Å²) >= 11 is -4.67. The first kappa shape index (κ1) is 12.8. The second kappa shape index (κ2) is 5.15. The SMILES string of the molecule is CC(=O)OI(=O)(OC(C)=O)c1ccccc1. The van der Waals surface area contributed by atoms with E-state index < -0.39 is 31.2 Å². The first-order valence-corrected chi connectivity index (χ1v) is 8.10. The summed E-state index contributed by atoms with van der Waals surface area (Å²) in [6, 6.07) is 7.95. The molecule has 0 aliphatic heterocycles. The van der Waals surface area contributed by atoms with Gasteiger partial charge in [0.2, 0.25) is 0 Å². The van der Waals surface area contributed by atoms with Gasteiger partial charge in [-0.25, -0.2) is 0 Å². The van der Waals surface area contributed by atoms with Crippen LogP contribution in [0.4, 0.5) is 0 Å². The summed E-state index contributed by atoms with van der Waals surface area (Å²) in [6.07, 6.45) is 0. The third kappa shape index (κ3) is 3.37. The van der Waals surface area contributed by atoms with Gasteiger partial charge in [-0.05, 0) is 0 Å². The van der Waals surface area contributed by atoms with Gasteiger partial charge in [0.15, 0.2) is 0 Å². The Balaban J connectivity index is 3.09. The molecule has 0 spiro atoms. The molecular weight excluding hydrogens is 327 g/mol. The molecule has 0 aromatic heterocycles. The molecule has 1 aromatic carbocycles. The fourth-order valence-electron chi connectivity index (χ4n) is 0.960. The summed E-state index contributed by atoms with van der Waals surface area (Å²) in [6.45, 7) is 2.23. The number of carbonyl (C=O) groups is 2. The van der Waals surface area contributed by atoms with Crippen molar-refractivity contribution in [2.45, 2.75) is 13.8 Å². The van der Waals surface area contributed by atoms with Gasteiger partial charge in [0.05, 0.1) is 0 Å². The Morgan fingerprint density at radius 2 is 1.44 bits per heavy atom. The molecule has 1 aromatic rings. The van der Waals surface area contributed by atoms with E-state index in [1.807, 2.05) is 0 Å². The monoisotopic (exact) mass is 338 g/mol. The standard InChI is InChI=1S/C10H11IO5/c1-8(12)15-11(14,16-9(2)13)10-6-4-3-5-7-10/h3-7H,1-2H3. The van der Waals surface area contributed by atoms with E-state index in [0.717, 1.165) is 13.8 Å². The Morgan fingerprint density at radius 1 is 1.00 bits per heavy atom. The average molecular weight is 338 g/mol. The molecule has 0 aliphatic carbocycles. The van der Waals surface area contributed by atoms with Crippen LogP contribution in [-0.4, -0.2) is 11.9 Å². The van der Waals surface area contributed by atoms with Crippen molar-refractivity contribution in [1.29, 1.82) is 0 Å². The summed E-state index contributed by atoms with van der Waals surface area (Å²) in [5.74, 6) is -1.48. The molecule has 0 saturated heterocycles. The molecule has 0 heterocycles. The van der Waals surface area contributed by atoms with Gasteiger partial charge in [-0.1, -0.05) is 0 Å². The fraction of sp³-hybridized carbons (Fsp3) is 0.200. The minimum absolute atomic E-state index is 0.236. The number of carbonyl (C=O) groups excluding carboxylic acids is 2. The summed E-state index contributed by atoms with van der Waals surface area (Å²) in [4.78, 5) is 21.7. The Morgan fingerprint density at radius 3 is 1.81 bits per heavy atom. The van der Waals surface area contributed by atoms with Crippen LogP contribution in [0.2, 0.25) is 0 Å². The third-order valence-corrected chi connectivity index (χ3v) is 6.07. The molecule has 0 N–H and O–H groups in total. The second-order valence-corrected chi connectivity index (χ2v) is 7.38. The molecule has 0 atom stereocenters. The molecule has 0 radical (unpaired) electrons. The van der Waals surface area contributed by atoms with Gasteiger partial charge in [0, 0.05) is 0 Å². The molecule has 0 amide bonds. The predicted octanol–water partition coefficient (Wildman–Crippen LogP) is 2.20. The van der Waals surface area contributed by atoms with Crippen molar-refractivity contribution < 1.29 is 18.8 Å². The topological polar surface area (TPSA) is 69.7 Å². The van der Waals surface area contributed by atoms with E-state index in [0.29, 0.717) is 0 Å². The molecule has 6 heteroatoms. The molecule has 0 bridgehead atoms. The van der Waals surface area contributed by atoms with Crippen molar-refractivity contribution in [2.24, 2.45) is 0 Å². The molecule has 88 valence electrons. The van der Waals surface area contributed by atoms with Crippen molar-refractivity contribution in [3.63, 3.8) is 0 Å². The van der Waals surface area contributed by atoms with Crippen LogP contribution < -0.4 is 0 Å². The minimum atomic E-state index is -4.67. The first-order chi connectivity index (χ1) is 7.44. The zero-order valence-corrected chi connectivity index (χ0v) is 11.0. The van der Waals surface area contributed by atoms with Gasteiger partial charge in [0.25, 0.3) is 0 Å². The van der Waals surface area contributed by atoms with Crippen LogP contribution in [-0.2, 0) is 18.8 Å². The first-order valence-electron chi connectivity index (χ1n) is 4.38. The summed E-state index contributed by atoms with van der Waals surface area (Å²) in [5.41, 5.74) is 0. The van der Waals surface area contributed by atoms with Gasteiger partial charge in [-0.3, -0.25) is 0 Å². The van der Waals surface area contributed by atoms with Crippen molar-refractivity contribution in [2.75, 3.05) is 0 Å². The van der Waals surface area contributed by atoms with E-state index in [2.05, 4.69) is 6.13 Å². The Hall–Kier alpha value is -1.31. The number of benzene rings is 1. The average Bonchev–Trinajstić information content (AvgIpc) is 2.16. The van der Waals surface area contributed by atoms with E-state index in [4.69, 9.17) is 0 Å².